The van der Waals surface area contributed by atoms with Crippen LogP contribution in [0.4, 0.5) is 0 Å². The van der Waals surface area contributed by atoms with Gasteiger partial charge in [-0.05, 0) is 5.41 Å². The third kappa shape index (κ3) is 1.38. The van der Waals surface area contributed by atoms with Gasteiger partial charge in [-0.25, -0.2) is 4.98 Å². The summed E-state index contributed by atoms with van der Waals surface area (Å²) >= 11 is 0. The number of aromatic nitrogens is 1. The smallest absolute Gasteiger partial charge is 0.180 e. The van der Waals surface area contributed by atoms with E-state index in [-0.39, 0.29) is 10.8 Å². The van der Waals surface area contributed by atoms with Crippen molar-refractivity contribution in [1.82, 2.24) is 4.98 Å². The van der Waals surface area contributed by atoms with E-state index in [4.69, 9.17) is 4.42 Å². The molecule has 12 heavy (non-hydrogen) atoms. The van der Waals surface area contributed by atoms with E-state index in [1.165, 1.54) is 6.39 Å². The standard InChI is InChI=1S/C10H17NO/c1-9(2,3)10(4,5)8-6-12-7-11-8/h6-7H,1-5H3. The Bertz CT molecular complexity index is 241. The highest BCUT2D eigenvalue weighted by molar-refractivity contribution is 5.12. The number of nitrogens with zero attached hydrogens (tertiary/aromatic N) is 1. The molecule has 0 saturated heterocycles. The molecule has 0 aliphatic carbocycles. The maximum atomic E-state index is 4.98. The van der Waals surface area contributed by atoms with Crippen LogP contribution >= 0.6 is 0 Å². The molecule has 0 aromatic carbocycles. The van der Waals surface area contributed by atoms with Crippen LogP contribution in [0.15, 0.2) is 17.1 Å². The van der Waals surface area contributed by atoms with Gasteiger partial charge in [-0.2, -0.15) is 0 Å². The van der Waals surface area contributed by atoms with E-state index in [9.17, 15) is 0 Å². The lowest BCUT2D eigenvalue weighted by atomic mass is 9.68. The van der Waals surface area contributed by atoms with Gasteiger partial charge in [0.05, 0.1) is 5.69 Å². The SMILES string of the molecule is CC(C)(C)C(C)(C)c1cocn1. The fourth-order valence-electron chi connectivity index (χ4n) is 0.905. The first-order valence-corrected chi connectivity index (χ1v) is 4.24. The maximum Gasteiger partial charge on any atom is 0.180 e. The van der Waals surface area contributed by atoms with Crippen LogP contribution in [0, 0.1) is 5.41 Å². The van der Waals surface area contributed by atoms with Crippen LogP contribution in [0.1, 0.15) is 40.3 Å². The molecule has 0 aliphatic heterocycles. The second-order valence-electron chi connectivity index (χ2n) is 4.75. The molecule has 0 spiro atoms. The topological polar surface area (TPSA) is 26.0 Å². The number of rotatable bonds is 1. The molecule has 1 heterocycles. The quantitative estimate of drug-likeness (QED) is 0.642. The van der Waals surface area contributed by atoms with Crippen molar-refractivity contribution in [3.63, 3.8) is 0 Å². The molecule has 0 amide bonds. The van der Waals surface area contributed by atoms with E-state index < -0.39 is 0 Å². The molecule has 2 heteroatoms. The van der Waals surface area contributed by atoms with Gasteiger partial charge in [-0.1, -0.05) is 34.6 Å². The van der Waals surface area contributed by atoms with E-state index in [0.29, 0.717) is 0 Å². The van der Waals surface area contributed by atoms with Crippen LogP contribution in [0.2, 0.25) is 0 Å². The maximum absolute atomic E-state index is 4.98. The van der Waals surface area contributed by atoms with E-state index in [2.05, 4.69) is 39.6 Å². The van der Waals surface area contributed by atoms with Gasteiger partial charge in [0.25, 0.3) is 0 Å². The van der Waals surface area contributed by atoms with Crippen LogP contribution in [0.5, 0.6) is 0 Å². The third-order valence-corrected chi connectivity index (χ3v) is 2.95. The summed E-state index contributed by atoms with van der Waals surface area (Å²) in [4.78, 5) is 4.19. The first kappa shape index (κ1) is 9.30. The summed E-state index contributed by atoms with van der Waals surface area (Å²) in [5.41, 5.74) is 1.28. The fourth-order valence-corrected chi connectivity index (χ4v) is 0.905. The van der Waals surface area contributed by atoms with Crippen molar-refractivity contribution < 1.29 is 4.42 Å². The molecule has 2 nitrogen and oxygen atoms in total. The summed E-state index contributed by atoms with van der Waals surface area (Å²) in [6.45, 7) is 11.0. The number of hydrogen-bond donors (Lipinski definition) is 0. The molecular weight excluding hydrogens is 150 g/mol. The van der Waals surface area contributed by atoms with Gasteiger partial charge >= 0.3 is 0 Å². The fraction of sp³-hybridized carbons (Fsp3) is 0.700. The molecule has 1 rings (SSSR count). The predicted molar refractivity (Wildman–Crippen MR) is 49.0 cm³/mol. The van der Waals surface area contributed by atoms with E-state index in [1.54, 1.807) is 6.26 Å². The molecular formula is C10H17NO. The van der Waals surface area contributed by atoms with E-state index >= 15 is 0 Å². The molecule has 0 saturated carbocycles. The Hall–Kier alpha value is -0.790. The van der Waals surface area contributed by atoms with Crippen LogP contribution < -0.4 is 0 Å². The van der Waals surface area contributed by atoms with Crippen LogP contribution in [-0.2, 0) is 5.41 Å². The summed E-state index contributed by atoms with van der Waals surface area (Å²) in [6, 6.07) is 0. The van der Waals surface area contributed by atoms with Crippen molar-refractivity contribution in [2.75, 3.05) is 0 Å². The van der Waals surface area contributed by atoms with Crippen molar-refractivity contribution in [2.24, 2.45) is 5.41 Å². The second-order valence-corrected chi connectivity index (χ2v) is 4.75. The Kier molecular flexibility index (Phi) is 2.02. The van der Waals surface area contributed by atoms with Crippen molar-refractivity contribution in [3.05, 3.63) is 18.4 Å². The lowest BCUT2D eigenvalue weighted by Crippen LogP contribution is -2.34. The minimum atomic E-state index is 0.0556. The molecule has 0 fully saturated rings. The van der Waals surface area contributed by atoms with E-state index in [1.807, 2.05) is 0 Å². The molecule has 0 radical (unpaired) electrons. The first-order chi connectivity index (χ1) is 5.36. The molecule has 0 unspecified atom stereocenters. The van der Waals surface area contributed by atoms with Gasteiger partial charge in [0, 0.05) is 5.41 Å². The molecule has 0 aliphatic rings. The Morgan fingerprint density at radius 1 is 1.17 bits per heavy atom. The summed E-state index contributed by atoms with van der Waals surface area (Å²) < 4.78 is 4.98. The Labute approximate surface area is 74.0 Å². The molecule has 0 atom stereocenters. The van der Waals surface area contributed by atoms with Gasteiger partial charge in [-0.15, -0.1) is 0 Å². The second kappa shape index (κ2) is 2.61. The van der Waals surface area contributed by atoms with Crippen LogP contribution in [0.25, 0.3) is 0 Å². The van der Waals surface area contributed by atoms with Gasteiger partial charge in [0.1, 0.15) is 6.26 Å². The lowest BCUT2D eigenvalue weighted by Gasteiger charge is -2.36. The molecule has 68 valence electrons. The first-order valence-electron chi connectivity index (χ1n) is 4.24. The Morgan fingerprint density at radius 3 is 2.08 bits per heavy atom. The van der Waals surface area contributed by atoms with Crippen LogP contribution in [-0.4, -0.2) is 4.98 Å². The van der Waals surface area contributed by atoms with Crippen molar-refractivity contribution in [3.8, 4) is 0 Å². The zero-order valence-corrected chi connectivity index (χ0v) is 8.51. The van der Waals surface area contributed by atoms with E-state index in [0.717, 1.165) is 5.69 Å². The summed E-state index contributed by atoms with van der Waals surface area (Å²) in [6.07, 6.45) is 3.22. The summed E-state index contributed by atoms with van der Waals surface area (Å²) in [5, 5.41) is 0. The zero-order valence-electron chi connectivity index (χ0n) is 8.51. The summed E-state index contributed by atoms with van der Waals surface area (Å²) in [5.74, 6) is 0. The molecule has 1 aromatic rings. The predicted octanol–water partition coefficient (Wildman–Crippen LogP) is 3.00. The Balaban J connectivity index is 3.02. The number of hydrogen-bond acceptors (Lipinski definition) is 2. The highest BCUT2D eigenvalue weighted by Gasteiger charge is 2.36. The highest BCUT2D eigenvalue weighted by Crippen LogP contribution is 2.39. The average Bonchev–Trinajstić information content (AvgIpc) is 2.34. The van der Waals surface area contributed by atoms with Crippen LogP contribution in [0.3, 0.4) is 0 Å². The van der Waals surface area contributed by atoms with Gasteiger partial charge < -0.3 is 4.42 Å². The van der Waals surface area contributed by atoms with Gasteiger partial charge in [0.2, 0.25) is 0 Å². The molecule has 0 N–H and O–H groups in total. The lowest BCUT2D eigenvalue weighted by molar-refractivity contribution is 0.219. The van der Waals surface area contributed by atoms with Gasteiger partial charge in [0.15, 0.2) is 6.39 Å². The monoisotopic (exact) mass is 167 g/mol. The summed E-state index contributed by atoms with van der Waals surface area (Å²) in [7, 11) is 0. The normalized spacial score (nSPS) is 13.4. The van der Waals surface area contributed by atoms with Crippen molar-refractivity contribution >= 4 is 0 Å². The molecule has 0 bridgehead atoms. The third-order valence-electron chi connectivity index (χ3n) is 2.95. The van der Waals surface area contributed by atoms with Gasteiger partial charge in [-0.3, -0.25) is 0 Å². The van der Waals surface area contributed by atoms with Crippen molar-refractivity contribution in [1.29, 1.82) is 0 Å². The minimum absolute atomic E-state index is 0.0556. The largest absolute Gasteiger partial charge is 0.451 e. The minimum Gasteiger partial charge on any atom is -0.451 e. The molecule has 1 aromatic heterocycles. The number of oxazole rings is 1. The van der Waals surface area contributed by atoms with Crippen molar-refractivity contribution in [2.45, 2.75) is 40.0 Å². The highest BCUT2D eigenvalue weighted by atomic mass is 16.3. The average molecular weight is 167 g/mol. The zero-order chi connectivity index (χ0) is 9.41. The Morgan fingerprint density at radius 2 is 1.75 bits per heavy atom.